The summed E-state index contributed by atoms with van der Waals surface area (Å²) in [7, 11) is 1.23. The standard InChI is InChI=1S/C15H14N4O5/c1-9-3-4-11(8-16-9)15(21)18-17-7-10-5-12(19(22)23)14(20)13(6-10)24-2/h3-8,20H,1-2H3,(H,18,21)/p-1. The van der Waals surface area contributed by atoms with Gasteiger partial charge in [0, 0.05) is 29.3 Å². The highest BCUT2D eigenvalue weighted by Crippen LogP contribution is 2.33. The molecule has 2 rings (SSSR count). The van der Waals surface area contributed by atoms with E-state index in [-0.39, 0.29) is 11.3 Å². The number of aromatic nitrogens is 1. The van der Waals surface area contributed by atoms with E-state index in [0.717, 1.165) is 11.8 Å². The van der Waals surface area contributed by atoms with E-state index in [1.54, 1.807) is 19.1 Å². The number of nitro groups is 1. The Morgan fingerprint density at radius 1 is 1.42 bits per heavy atom. The molecule has 0 saturated carbocycles. The van der Waals surface area contributed by atoms with Gasteiger partial charge in [-0.05, 0) is 25.1 Å². The molecule has 1 aromatic carbocycles. The van der Waals surface area contributed by atoms with Crippen molar-refractivity contribution >= 4 is 17.8 Å². The maximum Gasteiger partial charge on any atom is 0.272 e. The van der Waals surface area contributed by atoms with Gasteiger partial charge in [0.15, 0.2) is 0 Å². The van der Waals surface area contributed by atoms with Crippen molar-refractivity contribution in [2.45, 2.75) is 6.92 Å². The molecule has 0 bridgehead atoms. The molecule has 1 amide bonds. The number of carbonyl (C=O) groups excluding carboxylic acids is 1. The van der Waals surface area contributed by atoms with Gasteiger partial charge in [-0.25, -0.2) is 5.43 Å². The minimum Gasteiger partial charge on any atom is -0.865 e. The number of nitrogens with zero attached hydrogens (tertiary/aromatic N) is 3. The second-order valence-corrected chi connectivity index (χ2v) is 4.72. The Hall–Kier alpha value is -3.49. The highest BCUT2D eigenvalue weighted by Gasteiger charge is 2.12. The lowest BCUT2D eigenvalue weighted by Gasteiger charge is -2.12. The number of rotatable bonds is 5. The number of pyridine rings is 1. The Kier molecular flexibility index (Phi) is 5.05. The molecule has 9 heteroatoms. The van der Waals surface area contributed by atoms with Gasteiger partial charge < -0.3 is 9.84 Å². The molecule has 0 aliphatic carbocycles. The second kappa shape index (κ2) is 7.18. The lowest BCUT2D eigenvalue weighted by Crippen LogP contribution is -2.17. The first-order chi connectivity index (χ1) is 11.4. The summed E-state index contributed by atoms with van der Waals surface area (Å²) in [5.41, 5.74) is 2.96. The minimum absolute atomic E-state index is 0.181. The van der Waals surface area contributed by atoms with E-state index in [1.807, 2.05) is 0 Å². The Labute approximate surface area is 136 Å². The fourth-order valence-corrected chi connectivity index (χ4v) is 1.80. The van der Waals surface area contributed by atoms with Crippen LogP contribution in [-0.4, -0.2) is 29.1 Å². The van der Waals surface area contributed by atoms with Crippen LogP contribution in [0, 0.1) is 17.0 Å². The first kappa shape index (κ1) is 16.9. The number of methoxy groups -OCH3 is 1. The lowest BCUT2D eigenvalue weighted by atomic mass is 10.2. The van der Waals surface area contributed by atoms with Crippen molar-refractivity contribution < 1.29 is 19.6 Å². The third-order valence-electron chi connectivity index (χ3n) is 3.03. The normalized spacial score (nSPS) is 10.6. The van der Waals surface area contributed by atoms with E-state index in [9.17, 15) is 20.0 Å². The van der Waals surface area contributed by atoms with E-state index in [0.29, 0.717) is 5.56 Å². The first-order valence-electron chi connectivity index (χ1n) is 6.72. The van der Waals surface area contributed by atoms with Crippen LogP contribution in [0.4, 0.5) is 5.69 Å². The molecule has 124 valence electrons. The molecular formula is C15H13N4O5-. The van der Waals surface area contributed by atoms with Gasteiger partial charge in [0.1, 0.15) is 5.75 Å². The average Bonchev–Trinajstić information content (AvgIpc) is 2.56. The maximum absolute atomic E-state index is 11.9. The molecule has 0 fully saturated rings. The number of carbonyl (C=O) groups is 1. The number of amides is 1. The van der Waals surface area contributed by atoms with E-state index in [4.69, 9.17) is 4.74 Å². The van der Waals surface area contributed by atoms with Gasteiger partial charge in [-0.2, -0.15) is 5.10 Å². The van der Waals surface area contributed by atoms with Gasteiger partial charge in [-0.1, -0.05) is 0 Å². The van der Waals surface area contributed by atoms with Crippen LogP contribution in [0.3, 0.4) is 0 Å². The summed E-state index contributed by atoms with van der Waals surface area (Å²) in [6.45, 7) is 1.79. The largest absolute Gasteiger partial charge is 0.865 e. The first-order valence-corrected chi connectivity index (χ1v) is 6.72. The monoisotopic (exact) mass is 329 g/mol. The van der Waals surface area contributed by atoms with Crippen LogP contribution in [0.1, 0.15) is 21.6 Å². The highest BCUT2D eigenvalue weighted by atomic mass is 16.6. The Bertz CT molecular complexity index is 802. The van der Waals surface area contributed by atoms with Crippen LogP contribution in [0.2, 0.25) is 0 Å². The molecular weight excluding hydrogens is 316 g/mol. The molecule has 0 aliphatic rings. The summed E-state index contributed by atoms with van der Waals surface area (Å²) in [6, 6.07) is 5.61. The molecule has 0 saturated heterocycles. The van der Waals surface area contributed by atoms with Gasteiger partial charge in [0.05, 0.1) is 23.8 Å². The minimum atomic E-state index is -0.825. The lowest BCUT2D eigenvalue weighted by molar-refractivity contribution is -0.398. The number of benzene rings is 1. The summed E-state index contributed by atoms with van der Waals surface area (Å²) < 4.78 is 4.81. The van der Waals surface area contributed by atoms with E-state index in [1.165, 1.54) is 25.6 Å². The zero-order chi connectivity index (χ0) is 17.7. The van der Waals surface area contributed by atoms with Gasteiger partial charge in [0.2, 0.25) is 0 Å². The number of hydrogen-bond donors (Lipinski definition) is 1. The fourth-order valence-electron chi connectivity index (χ4n) is 1.80. The third kappa shape index (κ3) is 3.83. The van der Waals surface area contributed by atoms with Crippen LogP contribution >= 0.6 is 0 Å². The van der Waals surface area contributed by atoms with Crippen LogP contribution in [0.5, 0.6) is 11.5 Å². The summed E-state index contributed by atoms with van der Waals surface area (Å²) in [6.07, 6.45) is 2.58. The third-order valence-corrected chi connectivity index (χ3v) is 3.03. The number of aryl methyl sites for hydroxylation is 1. The number of hydrogen-bond acceptors (Lipinski definition) is 7. The zero-order valence-corrected chi connectivity index (χ0v) is 12.8. The van der Waals surface area contributed by atoms with E-state index < -0.39 is 22.3 Å². The molecule has 1 heterocycles. The molecule has 1 N–H and O–H groups in total. The van der Waals surface area contributed by atoms with Crippen LogP contribution < -0.4 is 15.3 Å². The van der Waals surface area contributed by atoms with Crippen molar-refractivity contribution in [2.75, 3.05) is 7.11 Å². The molecule has 24 heavy (non-hydrogen) atoms. The van der Waals surface area contributed by atoms with Crippen LogP contribution in [0.25, 0.3) is 0 Å². The molecule has 0 unspecified atom stereocenters. The molecule has 0 aliphatic heterocycles. The topological polar surface area (TPSA) is 130 Å². The number of nitro benzene ring substituents is 1. The Morgan fingerprint density at radius 3 is 2.75 bits per heavy atom. The fraction of sp³-hybridized carbons (Fsp3) is 0.133. The zero-order valence-electron chi connectivity index (χ0n) is 12.8. The average molecular weight is 329 g/mol. The smallest absolute Gasteiger partial charge is 0.272 e. The SMILES string of the molecule is COc1cc(C=NNC(=O)c2ccc(C)nc2)cc([N+](=O)[O-])c1[O-]. The van der Waals surface area contributed by atoms with Gasteiger partial charge >= 0.3 is 0 Å². The summed E-state index contributed by atoms with van der Waals surface area (Å²) in [5, 5.41) is 26.3. The summed E-state index contributed by atoms with van der Waals surface area (Å²) in [4.78, 5) is 25.9. The van der Waals surface area contributed by atoms with Crippen molar-refractivity contribution in [1.82, 2.24) is 10.4 Å². The molecule has 9 nitrogen and oxygen atoms in total. The number of ether oxygens (including phenoxy) is 1. The van der Waals surface area contributed by atoms with Crippen LogP contribution in [-0.2, 0) is 0 Å². The van der Waals surface area contributed by atoms with Gasteiger partial charge in [-0.15, -0.1) is 0 Å². The highest BCUT2D eigenvalue weighted by molar-refractivity contribution is 5.94. The van der Waals surface area contributed by atoms with Crippen LogP contribution in [0.15, 0.2) is 35.6 Å². The maximum atomic E-state index is 11.9. The quantitative estimate of drug-likeness (QED) is 0.497. The predicted octanol–water partition coefficient (Wildman–Crippen LogP) is 1.14. The van der Waals surface area contributed by atoms with Crippen molar-refractivity contribution in [1.29, 1.82) is 0 Å². The molecule has 2 aromatic rings. The number of nitrogens with one attached hydrogen (secondary N) is 1. The van der Waals surface area contributed by atoms with Crippen molar-refractivity contribution in [3.8, 4) is 11.5 Å². The summed E-state index contributed by atoms with van der Waals surface area (Å²) >= 11 is 0. The van der Waals surface area contributed by atoms with Crippen molar-refractivity contribution in [2.24, 2.45) is 5.10 Å². The number of hydrazone groups is 1. The van der Waals surface area contributed by atoms with E-state index in [2.05, 4.69) is 15.5 Å². The van der Waals surface area contributed by atoms with Gasteiger partial charge in [0.25, 0.3) is 11.6 Å². The molecule has 1 aromatic heterocycles. The van der Waals surface area contributed by atoms with Crippen molar-refractivity contribution in [3.63, 3.8) is 0 Å². The van der Waals surface area contributed by atoms with Gasteiger partial charge in [-0.3, -0.25) is 19.9 Å². The van der Waals surface area contributed by atoms with E-state index >= 15 is 0 Å². The Morgan fingerprint density at radius 2 is 2.17 bits per heavy atom. The Balaban J connectivity index is 2.16. The van der Waals surface area contributed by atoms with Crippen molar-refractivity contribution in [3.05, 3.63) is 57.4 Å². The predicted molar refractivity (Wildman–Crippen MR) is 83.1 cm³/mol. The molecule has 0 spiro atoms. The second-order valence-electron chi connectivity index (χ2n) is 4.72. The molecule has 0 atom stereocenters. The molecule has 0 radical (unpaired) electrons. The summed E-state index contributed by atoms with van der Waals surface area (Å²) in [5.74, 6) is -1.49.